The molecule has 6 heteroatoms. The lowest BCUT2D eigenvalue weighted by atomic mass is 10.1. The molecule has 6 nitrogen and oxygen atoms in total. The summed E-state index contributed by atoms with van der Waals surface area (Å²) < 4.78 is 0. The molecule has 1 aliphatic rings. The molecule has 102 valence electrons. The maximum atomic E-state index is 11.3. The van der Waals surface area contributed by atoms with E-state index in [0.717, 1.165) is 16.9 Å². The summed E-state index contributed by atoms with van der Waals surface area (Å²) in [5.41, 5.74) is 2.58. The van der Waals surface area contributed by atoms with Crippen molar-refractivity contribution in [1.29, 1.82) is 0 Å². The number of carbonyl (C=O) groups excluding carboxylic acids is 1. The summed E-state index contributed by atoms with van der Waals surface area (Å²) in [6.07, 6.45) is -0.847. The molecule has 1 aliphatic heterocycles. The lowest BCUT2D eigenvalue weighted by Crippen LogP contribution is -2.30. The molecule has 19 heavy (non-hydrogen) atoms. The third kappa shape index (κ3) is 3.23. The lowest BCUT2D eigenvalue weighted by molar-refractivity contribution is -0.139. The highest BCUT2D eigenvalue weighted by atomic mass is 16.4. The second-order valence-corrected chi connectivity index (χ2v) is 4.70. The van der Waals surface area contributed by atoms with E-state index in [-0.39, 0.29) is 18.9 Å². The Bertz CT molecular complexity index is 515. The number of carboxylic acids is 1. The Balaban J connectivity index is 2.04. The third-order valence-electron chi connectivity index (χ3n) is 3.05. The Morgan fingerprint density at radius 2 is 2.26 bits per heavy atom. The average molecular weight is 264 g/mol. The van der Waals surface area contributed by atoms with Gasteiger partial charge in [-0.1, -0.05) is 0 Å². The molecule has 1 aromatic carbocycles. The van der Waals surface area contributed by atoms with Crippen LogP contribution in [-0.4, -0.2) is 41.8 Å². The fraction of sp³-hybridized carbons (Fsp3) is 0.385. The molecule has 2 rings (SSSR count). The fourth-order valence-corrected chi connectivity index (χ4v) is 2.14. The molecular formula is C13H16N2O4. The van der Waals surface area contributed by atoms with E-state index in [1.165, 1.54) is 0 Å². The second kappa shape index (κ2) is 5.27. The minimum Gasteiger partial charge on any atom is -0.481 e. The lowest BCUT2D eigenvalue weighted by Gasteiger charge is -2.22. The highest BCUT2D eigenvalue weighted by Gasteiger charge is 2.19. The predicted molar refractivity (Wildman–Crippen MR) is 70.3 cm³/mol. The number of carbonyl (C=O) groups is 2. The van der Waals surface area contributed by atoms with Crippen LogP contribution in [0.15, 0.2) is 18.2 Å². The van der Waals surface area contributed by atoms with Crippen LogP contribution in [-0.2, 0) is 16.0 Å². The number of aliphatic hydroxyl groups excluding tert-OH is 1. The molecule has 1 atom stereocenters. The topological polar surface area (TPSA) is 89.9 Å². The van der Waals surface area contributed by atoms with Crippen LogP contribution in [0.4, 0.5) is 11.4 Å². The Morgan fingerprint density at radius 1 is 1.53 bits per heavy atom. The molecule has 1 unspecified atom stereocenters. The van der Waals surface area contributed by atoms with Crippen LogP contribution in [0.5, 0.6) is 0 Å². The van der Waals surface area contributed by atoms with E-state index in [2.05, 4.69) is 5.32 Å². The monoisotopic (exact) mass is 264 g/mol. The molecule has 1 amide bonds. The zero-order chi connectivity index (χ0) is 14.0. The first kappa shape index (κ1) is 13.4. The largest absolute Gasteiger partial charge is 0.481 e. The predicted octanol–water partition coefficient (Wildman–Crippen LogP) is 0.453. The van der Waals surface area contributed by atoms with Crippen LogP contribution in [0.1, 0.15) is 12.0 Å². The number of aliphatic carboxylic acids is 1. The standard InChI is InChI=1S/C13H16N2O4/c1-15(7-10(16)6-13(18)19)9-2-3-11-8(4-9)5-12(17)14-11/h2-4,10,16H,5-7H2,1H3,(H,14,17)(H,18,19). The number of nitrogens with zero attached hydrogens (tertiary/aromatic N) is 1. The fourth-order valence-electron chi connectivity index (χ4n) is 2.14. The van der Waals surface area contributed by atoms with Crippen LogP contribution in [0.25, 0.3) is 0 Å². The van der Waals surface area contributed by atoms with Crippen LogP contribution < -0.4 is 10.2 Å². The van der Waals surface area contributed by atoms with E-state index in [1.807, 2.05) is 18.2 Å². The summed E-state index contributed by atoms with van der Waals surface area (Å²) in [4.78, 5) is 23.5. The van der Waals surface area contributed by atoms with Crippen molar-refractivity contribution in [1.82, 2.24) is 0 Å². The zero-order valence-corrected chi connectivity index (χ0v) is 10.6. The minimum absolute atomic E-state index is 0.0271. The molecule has 1 aromatic rings. The number of benzene rings is 1. The van der Waals surface area contributed by atoms with E-state index >= 15 is 0 Å². The molecule has 0 spiro atoms. The summed E-state index contributed by atoms with van der Waals surface area (Å²) in [7, 11) is 1.77. The molecule has 1 heterocycles. The van der Waals surface area contributed by atoms with E-state index < -0.39 is 12.1 Å². The van der Waals surface area contributed by atoms with Gasteiger partial charge in [-0.25, -0.2) is 0 Å². The summed E-state index contributed by atoms with van der Waals surface area (Å²) in [6.45, 7) is 0.229. The summed E-state index contributed by atoms with van der Waals surface area (Å²) >= 11 is 0. The van der Waals surface area contributed by atoms with Gasteiger partial charge >= 0.3 is 5.97 Å². The second-order valence-electron chi connectivity index (χ2n) is 4.70. The van der Waals surface area contributed by atoms with Gasteiger partial charge in [-0.3, -0.25) is 9.59 Å². The van der Waals surface area contributed by atoms with Crippen molar-refractivity contribution in [3.8, 4) is 0 Å². The molecule has 0 radical (unpaired) electrons. The Morgan fingerprint density at radius 3 is 2.95 bits per heavy atom. The van der Waals surface area contributed by atoms with E-state index in [4.69, 9.17) is 5.11 Å². The number of rotatable bonds is 5. The number of amides is 1. The van der Waals surface area contributed by atoms with Crippen molar-refractivity contribution < 1.29 is 19.8 Å². The molecule has 0 fully saturated rings. The van der Waals surface area contributed by atoms with Gasteiger partial charge in [-0.2, -0.15) is 0 Å². The van der Waals surface area contributed by atoms with E-state index in [0.29, 0.717) is 6.42 Å². The molecule has 0 aromatic heterocycles. The minimum atomic E-state index is -1.02. The SMILES string of the molecule is CN(CC(O)CC(=O)O)c1ccc2c(c1)CC(=O)N2. The number of carboxylic acid groups (broad SMARTS) is 1. The van der Waals surface area contributed by atoms with Gasteiger partial charge in [0.1, 0.15) is 0 Å². The zero-order valence-electron chi connectivity index (χ0n) is 10.6. The highest BCUT2D eigenvalue weighted by Crippen LogP contribution is 2.27. The maximum absolute atomic E-state index is 11.3. The Hall–Kier alpha value is -2.08. The molecule has 0 saturated carbocycles. The van der Waals surface area contributed by atoms with Gasteiger partial charge in [0.25, 0.3) is 0 Å². The maximum Gasteiger partial charge on any atom is 0.306 e. The highest BCUT2D eigenvalue weighted by molar-refractivity contribution is 5.99. The number of anilines is 2. The van der Waals surface area contributed by atoms with Gasteiger partial charge < -0.3 is 20.4 Å². The average Bonchev–Trinajstić information content (AvgIpc) is 2.66. The normalized spacial score (nSPS) is 14.7. The van der Waals surface area contributed by atoms with Crippen molar-refractivity contribution in [2.75, 3.05) is 23.8 Å². The van der Waals surface area contributed by atoms with Gasteiger partial charge in [0.05, 0.1) is 18.9 Å². The van der Waals surface area contributed by atoms with Crippen molar-refractivity contribution in [3.05, 3.63) is 23.8 Å². The van der Waals surface area contributed by atoms with Crippen LogP contribution in [0.2, 0.25) is 0 Å². The molecule has 0 bridgehead atoms. The summed E-state index contributed by atoms with van der Waals surface area (Å²) in [6, 6.07) is 5.52. The van der Waals surface area contributed by atoms with Gasteiger partial charge in [-0.05, 0) is 23.8 Å². The van der Waals surface area contributed by atoms with Crippen molar-refractivity contribution in [2.45, 2.75) is 18.9 Å². The third-order valence-corrected chi connectivity index (χ3v) is 3.05. The van der Waals surface area contributed by atoms with Crippen molar-refractivity contribution >= 4 is 23.3 Å². The Labute approximate surface area is 110 Å². The van der Waals surface area contributed by atoms with Gasteiger partial charge in [-0.15, -0.1) is 0 Å². The number of nitrogens with one attached hydrogen (secondary N) is 1. The number of hydrogen-bond donors (Lipinski definition) is 3. The van der Waals surface area contributed by atoms with Crippen LogP contribution >= 0.6 is 0 Å². The summed E-state index contributed by atoms with van der Waals surface area (Å²) in [5.74, 6) is -1.05. The molecular weight excluding hydrogens is 248 g/mol. The summed E-state index contributed by atoms with van der Waals surface area (Å²) in [5, 5.41) is 20.9. The van der Waals surface area contributed by atoms with Gasteiger partial charge in [0.15, 0.2) is 0 Å². The van der Waals surface area contributed by atoms with Crippen LogP contribution in [0, 0.1) is 0 Å². The van der Waals surface area contributed by atoms with E-state index in [1.54, 1.807) is 11.9 Å². The first-order valence-electron chi connectivity index (χ1n) is 5.99. The Kier molecular flexibility index (Phi) is 3.71. The van der Waals surface area contributed by atoms with E-state index in [9.17, 15) is 14.7 Å². The molecule has 0 aliphatic carbocycles. The van der Waals surface area contributed by atoms with Crippen LogP contribution in [0.3, 0.4) is 0 Å². The van der Waals surface area contributed by atoms with Gasteiger partial charge in [0.2, 0.25) is 5.91 Å². The quantitative estimate of drug-likeness (QED) is 0.718. The van der Waals surface area contributed by atoms with Crippen molar-refractivity contribution in [3.63, 3.8) is 0 Å². The number of hydrogen-bond acceptors (Lipinski definition) is 4. The molecule has 3 N–H and O–H groups in total. The number of fused-ring (bicyclic) bond motifs is 1. The molecule has 0 saturated heterocycles. The first-order valence-corrected chi connectivity index (χ1v) is 5.99. The van der Waals surface area contributed by atoms with Gasteiger partial charge in [0, 0.05) is 25.0 Å². The smallest absolute Gasteiger partial charge is 0.306 e. The number of likely N-dealkylation sites (N-methyl/N-ethyl adjacent to an activating group) is 1. The van der Waals surface area contributed by atoms with Crippen molar-refractivity contribution in [2.24, 2.45) is 0 Å². The number of aliphatic hydroxyl groups is 1. The first-order chi connectivity index (χ1) is 8.95.